The Morgan fingerprint density at radius 1 is 1.50 bits per heavy atom. The highest BCUT2D eigenvalue weighted by Crippen LogP contribution is 2.26. The Hall–Kier alpha value is -1.73. The van der Waals surface area contributed by atoms with Crippen molar-refractivity contribution in [1.82, 2.24) is 9.97 Å². The van der Waals surface area contributed by atoms with Crippen molar-refractivity contribution in [3.05, 3.63) is 35.1 Å². The van der Waals surface area contributed by atoms with Gasteiger partial charge in [-0.15, -0.1) is 11.3 Å². The van der Waals surface area contributed by atoms with Crippen LogP contribution in [0.4, 0.5) is 0 Å². The first-order chi connectivity index (χ1) is 7.85. The number of nitrogens with zero attached hydrogens (tertiary/aromatic N) is 3. The maximum absolute atomic E-state index is 8.60. The first-order valence-electron chi connectivity index (χ1n) is 5.09. The minimum Gasteiger partial charge on any atom is -0.264 e. The summed E-state index contributed by atoms with van der Waals surface area (Å²) in [5.74, 6) is 0. The molecule has 0 amide bonds. The van der Waals surface area contributed by atoms with E-state index < -0.39 is 0 Å². The van der Waals surface area contributed by atoms with Crippen LogP contribution in [0.5, 0.6) is 0 Å². The third-order valence-corrected chi connectivity index (χ3v) is 3.25. The van der Waals surface area contributed by atoms with Crippen LogP contribution in [-0.2, 0) is 12.8 Å². The van der Waals surface area contributed by atoms with Crippen molar-refractivity contribution >= 4 is 11.3 Å². The van der Waals surface area contributed by atoms with Gasteiger partial charge in [-0.2, -0.15) is 5.26 Å². The number of aromatic nitrogens is 2. The molecule has 4 heteroatoms. The Morgan fingerprint density at radius 3 is 3.12 bits per heavy atom. The summed E-state index contributed by atoms with van der Waals surface area (Å²) < 4.78 is 0. The van der Waals surface area contributed by atoms with E-state index in [1.165, 1.54) is 5.56 Å². The monoisotopic (exact) mass is 229 g/mol. The lowest BCUT2D eigenvalue weighted by Crippen LogP contribution is -1.89. The van der Waals surface area contributed by atoms with Crippen LogP contribution < -0.4 is 0 Å². The van der Waals surface area contributed by atoms with Crippen molar-refractivity contribution < 1.29 is 0 Å². The molecule has 80 valence electrons. The molecule has 0 unspecified atom stereocenters. The predicted molar refractivity (Wildman–Crippen MR) is 64.0 cm³/mol. The van der Waals surface area contributed by atoms with Gasteiger partial charge in [0.15, 0.2) is 0 Å². The van der Waals surface area contributed by atoms with Gasteiger partial charge >= 0.3 is 0 Å². The van der Waals surface area contributed by atoms with Gasteiger partial charge in [0.2, 0.25) is 0 Å². The molecule has 2 heterocycles. The van der Waals surface area contributed by atoms with Crippen LogP contribution in [-0.4, -0.2) is 9.97 Å². The number of nitriles is 1. The normalized spacial score (nSPS) is 10.0. The Balaban J connectivity index is 2.39. The van der Waals surface area contributed by atoms with Crippen LogP contribution in [0.15, 0.2) is 23.8 Å². The Morgan fingerprint density at radius 2 is 2.38 bits per heavy atom. The highest BCUT2D eigenvalue weighted by molar-refractivity contribution is 7.13. The first kappa shape index (κ1) is 10.8. The zero-order valence-corrected chi connectivity index (χ0v) is 9.79. The number of aryl methyl sites for hydroxylation is 1. The van der Waals surface area contributed by atoms with Gasteiger partial charge in [0, 0.05) is 23.3 Å². The van der Waals surface area contributed by atoms with E-state index in [1.807, 2.05) is 17.6 Å². The van der Waals surface area contributed by atoms with E-state index in [4.69, 9.17) is 5.26 Å². The van der Waals surface area contributed by atoms with Crippen molar-refractivity contribution in [3.8, 4) is 16.6 Å². The molecule has 0 aliphatic heterocycles. The van der Waals surface area contributed by atoms with E-state index in [0.717, 1.165) is 22.7 Å². The highest BCUT2D eigenvalue weighted by Gasteiger charge is 2.08. The van der Waals surface area contributed by atoms with Crippen LogP contribution in [0.25, 0.3) is 10.6 Å². The molecule has 2 rings (SSSR count). The number of thiazole rings is 1. The third kappa shape index (κ3) is 2.10. The summed E-state index contributed by atoms with van der Waals surface area (Å²) in [6, 6.07) is 4.09. The van der Waals surface area contributed by atoms with E-state index in [-0.39, 0.29) is 0 Å². The fourth-order valence-corrected chi connectivity index (χ4v) is 2.39. The lowest BCUT2D eigenvalue weighted by Gasteiger charge is -2.02. The number of pyridine rings is 1. The smallest absolute Gasteiger partial charge is 0.124 e. The lowest BCUT2D eigenvalue weighted by molar-refractivity contribution is 1.10. The maximum Gasteiger partial charge on any atom is 0.124 e. The summed E-state index contributed by atoms with van der Waals surface area (Å²) in [6.45, 7) is 2.10. The summed E-state index contributed by atoms with van der Waals surface area (Å²) in [7, 11) is 0. The first-order valence-corrected chi connectivity index (χ1v) is 5.97. The summed E-state index contributed by atoms with van der Waals surface area (Å²) in [5, 5.41) is 11.5. The molecule has 2 aromatic heterocycles. The van der Waals surface area contributed by atoms with Crippen molar-refractivity contribution in [3.63, 3.8) is 0 Å². The van der Waals surface area contributed by atoms with Crippen LogP contribution in [0.1, 0.15) is 18.2 Å². The molecular formula is C12H11N3S. The van der Waals surface area contributed by atoms with E-state index >= 15 is 0 Å². The van der Waals surface area contributed by atoms with Crippen LogP contribution in [0, 0.1) is 11.3 Å². The van der Waals surface area contributed by atoms with Gasteiger partial charge < -0.3 is 0 Å². The summed E-state index contributed by atoms with van der Waals surface area (Å²) >= 11 is 1.58. The largest absolute Gasteiger partial charge is 0.264 e. The van der Waals surface area contributed by atoms with Gasteiger partial charge in [0.25, 0.3) is 0 Å². The maximum atomic E-state index is 8.60. The molecule has 3 nitrogen and oxygen atoms in total. The molecule has 0 aromatic carbocycles. The molecule has 0 atom stereocenters. The fraction of sp³-hybridized carbons (Fsp3) is 0.250. The van der Waals surface area contributed by atoms with Crippen molar-refractivity contribution in [1.29, 1.82) is 5.26 Å². The van der Waals surface area contributed by atoms with Crippen LogP contribution in [0.2, 0.25) is 0 Å². The molecule has 2 aromatic rings. The Kier molecular flexibility index (Phi) is 3.28. The molecule has 0 N–H and O–H groups in total. The molecule has 16 heavy (non-hydrogen) atoms. The zero-order valence-electron chi connectivity index (χ0n) is 8.97. The van der Waals surface area contributed by atoms with Gasteiger partial charge in [0.05, 0.1) is 18.2 Å². The Labute approximate surface area is 98.4 Å². The number of rotatable bonds is 3. The molecule has 0 aliphatic carbocycles. The van der Waals surface area contributed by atoms with Gasteiger partial charge in [0.1, 0.15) is 5.01 Å². The molecule has 0 spiro atoms. The van der Waals surface area contributed by atoms with Crippen molar-refractivity contribution in [2.75, 3.05) is 0 Å². The highest BCUT2D eigenvalue weighted by atomic mass is 32.1. The van der Waals surface area contributed by atoms with Crippen molar-refractivity contribution in [2.45, 2.75) is 19.8 Å². The van der Waals surface area contributed by atoms with Gasteiger partial charge in [-0.25, -0.2) is 4.98 Å². The topological polar surface area (TPSA) is 49.6 Å². The van der Waals surface area contributed by atoms with Crippen LogP contribution in [0.3, 0.4) is 0 Å². The Bertz CT molecular complexity index is 525. The minimum atomic E-state index is 0.378. The van der Waals surface area contributed by atoms with Crippen molar-refractivity contribution in [2.24, 2.45) is 0 Å². The average Bonchev–Trinajstić information content (AvgIpc) is 2.78. The average molecular weight is 229 g/mol. The molecule has 0 saturated carbocycles. The SMILES string of the molecule is CCc1cnccc1-c1nc(CC#N)cs1. The van der Waals surface area contributed by atoms with E-state index in [2.05, 4.69) is 23.0 Å². The van der Waals surface area contributed by atoms with Gasteiger partial charge in [-0.05, 0) is 18.1 Å². The summed E-state index contributed by atoms with van der Waals surface area (Å²) in [6.07, 6.45) is 4.97. The van der Waals surface area contributed by atoms with Gasteiger partial charge in [-0.3, -0.25) is 4.98 Å². The molecular weight excluding hydrogens is 218 g/mol. The summed E-state index contributed by atoms with van der Waals surface area (Å²) in [4.78, 5) is 8.56. The van der Waals surface area contributed by atoms with Gasteiger partial charge in [-0.1, -0.05) is 6.92 Å². The molecule has 0 saturated heterocycles. The second-order valence-corrected chi connectivity index (χ2v) is 4.22. The van der Waals surface area contributed by atoms with E-state index in [9.17, 15) is 0 Å². The zero-order chi connectivity index (χ0) is 11.4. The number of hydrogen-bond acceptors (Lipinski definition) is 4. The molecule has 0 bridgehead atoms. The van der Waals surface area contributed by atoms with E-state index in [1.54, 1.807) is 17.5 Å². The van der Waals surface area contributed by atoms with Crippen LogP contribution >= 0.6 is 11.3 Å². The predicted octanol–water partition coefficient (Wildman–Crippen LogP) is 2.83. The van der Waals surface area contributed by atoms with E-state index in [0.29, 0.717) is 6.42 Å². The lowest BCUT2D eigenvalue weighted by atomic mass is 10.1. The second kappa shape index (κ2) is 4.86. The molecule has 0 aliphatic rings. The minimum absolute atomic E-state index is 0.378. The fourth-order valence-electron chi connectivity index (χ4n) is 1.51. The summed E-state index contributed by atoms with van der Waals surface area (Å²) in [5.41, 5.74) is 3.17. The molecule has 0 radical (unpaired) electrons. The number of hydrogen-bond donors (Lipinski definition) is 0. The molecule has 0 fully saturated rings. The second-order valence-electron chi connectivity index (χ2n) is 3.37. The third-order valence-electron chi connectivity index (χ3n) is 2.33. The quantitative estimate of drug-likeness (QED) is 0.813. The standard InChI is InChI=1S/C12H11N3S/c1-2-9-7-14-6-4-11(9)12-15-10(3-5-13)8-16-12/h4,6-8H,2-3H2,1H3.